The van der Waals surface area contributed by atoms with Gasteiger partial charge in [0.25, 0.3) is 10.0 Å². The lowest BCUT2D eigenvalue weighted by atomic mass is 9.98. The second-order valence-corrected chi connectivity index (χ2v) is 9.62. The number of thiophene rings is 1. The van der Waals surface area contributed by atoms with Crippen molar-refractivity contribution in [1.29, 1.82) is 0 Å². The fourth-order valence-electron chi connectivity index (χ4n) is 3.35. The standard InChI is InChI=1S/C20H19NO4S2/c22-20(25-18-8-3-6-15-5-1-2-7-17(15)18)16-10-12-21(13-11-16)27(23,24)19-9-4-14-26-19/h1-9,14,16H,10-13H2. The maximum atomic E-state index is 12.6. The molecule has 1 fully saturated rings. The van der Waals surface area contributed by atoms with Gasteiger partial charge in [0, 0.05) is 18.5 Å². The van der Waals surface area contributed by atoms with Crippen LogP contribution in [-0.2, 0) is 14.8 Å². The van der Waals surface area contributed by atoms with E-state index in [0.717, 1.165) is 10.8 Å². The van der Waals surface area contributed by atoms with Crippen molar-refractivity contribution in [2.24, 2.45) is 5.92 Å². The molecule has 1 aliphatic heterocycles. The van der Waals surface area contributed by atoms with Gasteiger partial charge in [-0.15, -0.1) is 11.3 Å². The van der Waals surface area contributed by atoms with Gasteiger partial charge in [0.1, 0.15) is 9.96 Å². The summed E-state index contributed by atoms with van der Waals surface area (Å²) in [5, 5.41) is 3.66. The maximum Gasteiger partial charge on any atom is 0.314 e. The van der Waals surface area contributed by atoms with Crippen molar-refractivity contribution < 1.29 is 17.9 Å². The summed E-state index contributed by atoms with van der Waals surface area (Å²) in [4.78, 5) is 12.6. The van der Waals surface area contributed by atoms with Gasteiger partial charge < -0.3 is 4.74 Å². The van der Waals surface area contributed by atoms with E-state index in [1.807, 2.05) is 36.4 Å². The number of sulfonamides is 1. The molecule has 0 unspecified atom stereocenters. The fraction of sp³-hybridized carbons (Fsp3) is 0.250. The SMILES string of the molecule is O=C(Oc1cccc2ccccc12)C1CCN(S(=O)(=O)c2cccs2)CC1. The molecule has 1 aliphatic rings. The Kier molecular flexibility index (Phi) is 4.99. The van der Waals surface area contributed by atoms with Crippen molar-refractivity contribution in [1.82, 2.24) is 4.31 Å². The molecule has 7 heteroatoms. The molecule has 0 radical (unpaired) electrons. The van der Waals surface area contributed by atoms with E-state index in [0.29, 0.717) is 35.9 Å². The molecule has 2 aromatic carbocycles. The van der Waals surface area contributed by atoms with Crippen LogP contribution in [0.3, 0.4) is 0 Å². The molecule has 0 bridgehead atoms. The topological polar surface area (TPSA) is 63.7 Å². The molecule has 0 amide bonds. The zero-order valence-electron chi connectivity index (χ0n) is 14.6. The number of fused-ring (bicyclic) bond motifs is 1. The third kappa shape index (κ3) is 3.63. The zero-order valence-corrected chi connectivity index (χ0v) is 16.2. The Morgan fingerprint density at radius 1 is 1.00 bits per heavy atom. The number of piperidine rings is 1. The zero-order chi connectivity index (χ0) is 18.9. The molecule has 2 heterocycles. The number of esters is 1. The predicted molar refractivity (Wildman–Crippen MR) is 105 cm³/mol. The minimum Gasteiger partial charge on any atom is -0.426 e. The van der Waals surface area contributed by atoms with Crippen LogP contribution in [0.4, 0.5) is 0 Å². The monoisotopic (exact) mass is 401 g/mol. The van der Waals surface area contributed by atoms with Crippen molar-refractivity contribution in [2.75, 3.05) is 13.1 Å². The molecule has 4 rings (SSSR count). The average Bonchev–Trinajstić information content (AvgIpc) is 3.24. The first kappa shape index (κ1) is 18.2. The second-order valence-electron chi connectivity index (χ2n) is 6.51. The van der Waals surface area contributed by atoms with E-state index >= 15 is 0 Å². The van der Waals surface area contributed by atoms with E-state index in [-0.39, 0.29) is 11.9 Å². The van der Waals surface area contributed by atoms with Gasteiger partial charge in [0.15, 0.2) is 0 Å². The molecule has 5 nitrogen and oxygen atoms in total. The number of hydrogen-bond acceptors (Lipinski definition) is 5. The molecule has 0 N–H and O–H groups in total. The number of nitrogens with zero attached hydrogens (tertiary/aromatic N) is 1. The quantitative estimate of drug-likeness (QED) is 0.491. The van der Waals surface area contributed by atoms with E-state index in [9.17, 15) is 13.2 Å². The van der Waals surface area contributed by atoms with Crippen LogP contribution < -0.4 is 4.74 Å². The molecule has 27 heavy (non-hydrogen) atoms. The van der Waals surface area contributed by atoms with Gasteiger partial charge >= 0.3 is 5.97 Å². The largest absolute Gasteiger partial charge is 0.426 e. The maximum absolute atomic E-state index is 12.6. The van der Waals surface area contributed by atoms with Crippen LogP contribution in [0.1, 0.15) is 12.8 Å². The van der Waals surface area contributed by atoms with Crippen LogP contribution in [0, 0.1) is 5.92 Å². The van der Waals surface area contributed by atoms with Crippen LogP contribution >= 0.6 is 11.3 Å². The van der Waals surface area contributed by atoms with Crippen molar-refractivity contribution in [3.63, 3.8) is 0 Å². The fourth-order valence-corrected chi connectivity index (χ4v) is 5.96. The van der Waals surface area contributed by atoms with E-state index in [1.54, 1.807) is 23.6 Å². The predicted octanol–water partition coefficient (Wildman–Crippen LogP) is 3.91. The van der Waals surface area contributed by atoms with Gasteiger partial charge in [-0.25, -0.2) is 8.42 Å². The lowest BCUT2D eigenvalue weighted by molar-refractivity contribution is -0.140. The lowest BCUT2D eigenvalue weighted by Crippen LogP contribution is -2.40. The molecule has 1 saturated heterocycles. The van der Waals surface area contributed by atoms with E-state index in [4.69, 9.17) is 4.74 Å². The highest BCUT2D eigenvalue weighted by Crippen LogP contribution is 2.29. The van der Waals surface area contributed by atoms with Gasteiger partial charge in [-0.2, -0.15) is 4.31 Å². The molecule has 0 spiro atoms. The molecule has 3 aromatic rings. The number of benzene rings is 2. The number of rotatable bonds is 4. The summed E-state index contributed by atoms with van der Waals surface area (Å²) in [5.41, 5.74) is 0. The number of hydrogen-bond donors (Lipinski definition) is 0. The highest BCUT2D eigenvalue weighted by molar-refractivity contribution is 7.91. The summed E-state index contributed by atoms with van der Waals surface area (Å²) in [6, 6.07) is 16.7. The van der Waals surface area contributed by atoms with Gasteiger partial charge in [0.05, 0.1) is 5.92 Å². The van der Waals surface area contributed by atoms with Gasteiger partial charge in [-0.05, 0) is 35.7 Å². The lowest BCUT2D eigenvalue weighted by Gasteiger charge is -2.29. The van der Waals surface area contributed by atoms with Crippen molar-refractivity contribution >= 4 is 38.1 Å². The minimum atomic E-state index is -3.46. The molecule has 0 atom stereocenters. The first-order chi connectivity index (χ1) is 13.1. The van der Waals surface area contributed by atoms with Crippen molar-refractivity contribution in [3.05, 3.63) is 60.0 Å². The summed E-state index contributed by atoms with van der Waals surface area (Å²) in [5.74, 6) is -0.0370. The highest BCUT2D eigenvalue weighted by Gasteiger charge is 2.33. The van der Waals surface area contributed by atoms with Crippen molar-refractivity contribution in [2.45, 2.75) is 17.1 Å². The molecule has 140 valence electrons. The molecular weight excluding hydrogens is 382 g/mol. The Balaban J connectivity index is 1.43. The molecule has 1 aromatic heterocycles. The Labute approximate surface area is 162 Å². The summed E-state index contributed by atoms with van der Waals surface area (Å²) in [6.07, 6.45) is 0.933. The van der Waals surface area contributed by atoms with Gasteiger partial charge in [0.2, 0.25) is 0 Å². The van der Waals surface area contributed by atoms with Crippen LogP contribution in [0.5, 0.6) is 5.75 Å². The smallest absolute Gasteiger partial charge is 0.314 e. The Hall–Kier alpha value is -2.22. The van der Waals surface area contributed by atoms with E-state index < -0.39 is 10.0 Å². The summed E-state index contributed by atoms with van der Waals surface area (Å²) in [6.45, 7) is 0.658. The summed E-state index contributed by atoms with van der Waals surface area (Å²) >= 11 is 1.21. The van der Waals surface area contributed by atoms with Gasteiger partial charge in [-0.1, -0.05) is 42.5 Å². The van der Waals surface area contributed by atoms with Crippen LogP contribution in [0.2, 0.25) is 0 Å². The third-order valence-electron chi connectivity index (χ3n) is 4.84. The van der Waals surface area contributed by atoms with E-state index in [2.05, 4.69) is 0 Å². The number of carbonyl (C=O) groups excluding carboxylic acids is 1. The summed E-state index contributed by atoms with van der Waals surface area (Å²) < 4.78 is 32.6. The Bertz CT molecular complexity index is 1050. The molecular formula is C20H19NO4S2. The first-order valence-electron chi connectivity index (χ1n) is 8.79. The van der Waals surface area contributed by atoms with Crippen LogP contribution in [0.25, 0.3) is 10.8 Å². The Morgan fingerprint density at radius 2 is 1.74 bits per heavy atom. The normalized spacial score (nSPS) is 16.4. The highest BCUT2D eigenvalue weighted by atomic mass is 32.2. The molecule has 0 aliphatic carbocycles. The number of ether oxygens (including phenoxy) is 1. The number of carbonyl (C=O) groups is 1. The minimum absolute atomic E-state index is 0.292. The summed E-state index contributed by atoms with van der Waals surface area (Å²) in [7, 11) is -3.46. The average molecular weight is 402 g/mol. The van der Waals surface area contributed by atoms with Crippen LogP contribution in [0.15, 0.2) is 64.2 Å². The van der Waals surface area contributed by atoms with Crippen molar-refractivity contribution in [3.8, 4) is 5.75 Å². The van der Waals surface area contributed by atoms with E-state index in [1.165, 1.54) is 15.6 Å². The Morgan fingerprint density at radius 3 is 2.48 bits per heavy atom. The third-order valence-corrected chi connectivity index (χ3v) is 8.11. The van der Waals surface area contributed by atoms with Crippen LogP contribution in [-0.4, -0.2) is 31.8 Å². The second kappa shape index (κ2) is 7.42. The van der Waals surface area contributed by atoms with Gasteiger partial charge in [-0.3, -0.25) is 4.79 Å². The molecule has 0 saturated carbocycles. The first-order valence-corrected chi connectivity index (χ1v) is 11.1.